The number of halogens is 4. The molecule has 0 saturated carbocycles. The summed E-state index contributed by atoms with van der Waals surface area (Å²) < 4.78 is 37.5. The van der Waals surface area contributed by atoms with E-state index in [-0.39, 0.29) is 18.2 Å². The fourth-order valence-corrected chi connectivity index (χ4v) is 2.33. The van der Waals surface area contributed by atoms with Gasteiger partial charge in [-0.05, 0) is 48.9 Å². The van der Waals surface area contributed by atoms with Crippen LogP contribution in [0.2, 0.25) is 5.02 Å². The molecular weight excluding hydrogens is 369 g/mol. The van der Waals surface area contributed by atoms with E-state index in [2.05, 4.69) is 10.6 Å². The zero-order chi connectivity index (χ0) is 19.3. The Labute approximate surface area is 153 Å². The van der Waals surface area contributed by atoms with E-state index in [0.717, 1.165) is 29.8 Å². The van der Waals surface area contributed by atoms with Gasteiger partial charge in [0.25, 0.3) is 5.91 Å². The van der Waals surface area contributed by atoms with E-state index in [1.54, 1.807) is 31.2 Å². The van der Waals surface area contributed by atoms with Crippen LogP contribution in [0.1, 0.15) is 34.5 Å². The number of hydrogen-bond donors (Lipinski definition) is 2. The van der Waals surface area contributed by atoms with Gasteiger partial charge in [-0.15, -0.1) is 0 Å². The molecule has 0 radical (unpaired) electrons. The zero-order valence-electron chi connectivity index (χ0n) is 13.7. The Hall–Kier alpha value is -2.54. The van der Waals surface area contributed by atoms with Crippen molar-refractivity contribution in [3.63, 3.8) is 0 Å². The van der Waals surface area contributed by atoms with Crippen LogP contribution in [0.25, 0.3) is 0 Å². The molecule has 0 aliphatic carbocycles. The minimum absolute atomic E-state index is 0.0385. The van der Waals surface area contributed by atoms with Crippen LogP contribution in [0.3, 0.4) is 0 Å². The van der Waals surface area contributed by atoms with Gasteiger partial charge in [-0.25, -0.2) is 0 Å². The van der Waals surface area contributed by atoms with Gasteiger partial charge < -0.3 is 10.6 Å². The molecule has 0 aliphatic rings. The minimum atomic E-state index is -4.47. The summed E-state index contributed by atoms with van der Waals surface area (Å²) in [6.45, 7) is 1.48. The van der Waals surface area contributed by atoms with E-state index >= 15 is 0 Å². The van der Waals surface area contributed by atoms with Crippen molar-refractivity contribution in [2.45, 2.75) is 19.1 Å². The van der Waals surface area contributed by atoms with E-state index < -0.39 is 23.6 Å². The first-order chi connectivity index (χ1) is 12.2. The Balaban J connectivity index is 1.86. The van der Waals surface area contributed by atoms with Crippen molar-refractivity contribution in [3.05, 3.63) is 70.2 Å². The lowest BCUT2D eigenvalue weighted by atomic mass is 10.1. The molecule has 8 heteroatoms. The Bertz CT molecular complexity index is 775. The maximum Gasteiger partial charge on any atom is 0.416 e. The fourth-order valence-electron chi connectivity index (χ4n) is 2.20. The highest BCUT2D eigenvalue weighted by atomic mass is 35.5. The van der Waals surface area contributed by atoms with Gasteiger partial charge in [0.2, 0.25) is 5.91 Å². The maximum absolute atomic E-state index is 12.5. The number of benzene rings is 2. The molecule has 2 amide bonds. The van der Waals surface area contributed by atoms with Gasteiger partial charge in [-0.1, -0.05) is 23.7 Å². The van der Waals surface area contributed by atoms with Gasteiger partial charge in [0.1, 0.15) is 0 Å². The number of carbonyl (C=O) groups is 2. The van der Waals surface area contributed by atoms with Crippen molar-refractivity contribution in [3.8, 4) is 0 Å². The smallest absolute Gasteiger partial charge is 0.348 e. The second-order valence-electron chi connectivity index (χ2n) is 5.60. The summed E-state index contributed by atoms with van der Waals surface area (Å²) in [5, 5.41) is 5.66. The third kappa shape index (κ3) is 5.49. The molecule has 1 unspecified atom stereocenters. The molecule has 2 aromatic carbocycles. The summed E-state index contributed by atoms with van der Waals surface area (Å²) in [5.74, 6) is -1.05. The lowest BCUT2D eigenvalue weighted by molar-refractivity contribution is -0.137. The summed E-state index contributed by atoms with van der Waals surface area (Å²) in [6, 6.07) is 10.4. The van der Waals surface area contributed by atoms with E-state index in [1.165, 1.54) is 0 Å². The molecule has 26 heavy (non-hydrogen) atoms. The first-order valence-electron chi connectivity index (χ1n) is 7.67. The largest absolute Gasteiger partial charge is 0.416 e. The monoisotopic (exact) mass is 384 g/mol. The first-order valence-corrected chi connectivity index (χ1v) is 8.05. The number of amides is 2. The van der Waals surface area contributed by atoms with Crippen LogP contribution in [0.4, 0.5) is 13.2 Å². The van der Waals surface area contributed by atoms with Gasteiger partial charge in [0, 0.05) is 10.6 Å². The number of alkyl halides is 3. The number of hydrogen-bond acceptors (Lipinski definition) is 2. The second-order valence-corrected chi connectivity index (χ2v) is 6.03. The average Bonchev–Trinajstić information content (AvgIpc) is 2.59. The average molecular weight is 385 g/mol. The highest BCUT2D eigenvalue weighted by Crippen LogP contribution is 2.29. The SMILES string of the molecule is CC(NC(=O)CNC(=O)c1ccc(C(F)(F)F)cc1)c1ccc(Cl)cc1. The quantitative estimate of drug-likeness (QED) is 0.819. The van der Waals surface area contributed by atoms with Gasteiger partial charge >= 0.3 is 6.18 Å². The van der Waals surface area contributed by atoms with Crippen LogP contribution < -0.4 is 10.6 Å². The standard InChI is InChI=1S/C18H16ClF3N2O2/c1-11(12-4-8-15(19)9-5-12)24-16(25)10-23-17(26)13-2-6-14(7-3-13)18(20,21)22/h2-9,11H,10H2,1H3,(H,23,26)(H,24,25). The van der Waals surface area contributed by atoms with Crippen molar-refractivity contribution in [2.75, 3.05) is 6.54 Å². The second kappa shape index (κ2) is 8.23. The molecule has 0 bridgehead atoms. The third-order valence-electron chi connectivity index (χ3n) is 3.63. The predicted molar refractivity (Wildman–Crippen MR) is 91.8 cm³/mol. The van der Waals surface area contributed by atoms with Gasteiger partial charge in [0.15, 0.2) is 0 Å². The van der Waals surface area contributed by atoms with Crippen LogP contribution >= 0.6 is 11.6 Å². The molecule has 2 aromatic rings. The van der Waals surface area contributed by atoms with Gasteiger partial charge in [-0.3, -0.25) is 9.59 Å². The van der Waals surface area contributed by atoms with Crippen LogP contribution in [0.5, 0.6) is 0 Å². The van der Waals surface area contributed by atoms with Gasteiger partial charge in [0.05, 0.1) is 18.2 Å². The molecular formula is C18H16ClF3N2O2. The molecule has 2 N–H and O–H groups in total. The molecule has 2 rings (SSSR count). The van der Waals surface area contributed by atoms with Crippen molar-refractivity contribution < 1.29 is 22.8 Å². The van der Waals surface area contributed by atoms with Crippen molar-refractivity contribution in [1.29, 1.82) is 0 Å². The summed E-state index contributed by atoms with van der Waals surface area (Å²) in [5.41, 5.74) is 0.0388. The van der Waals surface area contributed by atoms with Crippen molar-refractivity contribution in [1.82, 2.24) is 10.6 Å². The molecule has 0 heterocycles. The van der Waals surface area contributed by atoms with Crippen LogP contribution in [0.15, 0.2) is 48.5 Å². The van der Waals surface area contributed by atoms with Crippen LogP contribution in [-0.4, -0.2) is 18.4 Å². The molecule has 0 fully saturated rings. The molecule has 1 atom stereocenters. The van der Waals surface area contributed by atoms with E-state index in [9.17, 15) is 22.8 Å². The normalized spacial score (nSPS) is 12.3. The topological polar surface area (TPSA) is 58.2 Å². The molecule has 0 aliphatic heterocycles. The summed E-state index contributed by atoms with van der Waals surface area (Å²) in [4.78, 5) is 23.8. The molecule has 0 spiro atoms. The number of nitrogens with one attached hydrogen (secondary N) is 2. The zero-order valence-corrected chi connectivity index (χ0v) is 14.5. The maximum atomic E-state index is 12.5. The van der Waals surface area contributed by atoms with E-state index in [4.69, 9.17) is 11.6 Å². The molecule has 4 nitrogen and oxygen atoms in total. The van der Waals surface area contributed by atoms with Crippen molar-refractivity contribution in [2.24, 2.45) is 0 Å². The Morgan fingerprint density at radius 3 is 2.15 bits per heavy atom. The van der Waals surface area contributed by atoms with E-state index in [0.29, 0.717) is 5.02 Å². The summed E-state index contributed by atoms with van der Waals surface area (Å²) in [6.07, 6.45) is -4.47. The summed E-state index contributed by atoms with van der Waals surface area (Å²) in [7, 11) is 0. The lowest BCUT2D eigenvalue weighted by Gasteiger charge is -2.15. The Morgan fingerprint density at radius 1 is 1.04 bits per heavy atom. The Kier molecular flexibility index (Phi) is 6.26. The highest BCUT2D eigenvalue weighted by molar-refractivity contribution is 6.30. The number of rotatable bonds is 5. The third-order valence-corrected chi connectivity index (χ3v) is 3.88. The van der Waals surface area contributed by atoms with Crippen molar-refractivity contribution >= 4 is 23.4 Å². The number of carbonyl (C=O) groups excluding carboxylic acids is 2. The van der Waals surface area contributed by atoms with Gasteiger partial charge in [-0.2, -0.15) is 13.2 Å². The fraction of sp³-hybridized carbons (Fsp3) is 0.222. The van der Waals surface area contributed by atoms with E-state index in [1.807, 2.05) is 0 Å². The predicted octanol–water partition coefficient (Wildman–Crippen LogP) is 3.97. The van der Waals surface area contributed by atoms with Crippen LogP contribution in [-0.2, 0) is 11.0 Å². The summed E-state index contributed by atoms with van der Waals surface area (Å²) >= 11 is 5.80. The first kappa shape index (κ1) is 19.8. The molecule has 0 aromatic heterocycles. The Morgan fingerprint density at radius 2 is 1.62 bits per heavy atom. The lowest BCUT2D eigenvalue weighted by Crippen LogP contribution is -2.38. The molecule has 138 valence electrons. The van der Waals surface area contributed by atoms with Crippen LogP contribution in [0, 0.1) is 0 Å². The molecule has 0 saturated heterocycles. The minimum Gasteiger partial charge on any atom is -0.348 e. The highest BCUT2D eigenvalue weighted by Gasteiger charge is 2.30.